The summed E-state index contributed by atoms with van der Waals surface area (Å²) >= 11 is 0. The zero-order valence-electron chi connectivity index (χ0n) is 17.4. The highest BCUT2D eigenvalue weighted by molar-refractivity contribution is 7.92. The van der Waals surface area contributed by atoms with Crippen molar-refractivity contribution in [1.29, 1.82) is 0 Å². The van der Waals surface area contributed by atoms with Crippen molar-refractivity contribution in [3.05, 3.63) is 48.5 Å². The van der Waals surface area contributed by atoms with E-state index in [-0.39, 0.29) is 6.10 Å². The van der Waals surface area contributed by atoms with Gasteiger partial charge in [0.15, 0.2) is 0 Å². The minimum atomic E-state index is -3.69. The Balaban J connectivity index is 2.25. The van der Waals surface area contributed by atoms with Crippen molar-refractivity contribution < 1.29 is 22.7 Å². The molecule has 0 saturated heterocycles. The monoisotopic (exact) mass is 420 g/mol. The van der Waals surface area contributed by atoms with Gasteiger partial charge in [-0.05, 0) is 68.8 Å². The van der Waals surface area contributed by atoms with E-state index in [1.165, 1.54) is 7.11 Å². The first-order valence-electron chi connectivity index (χ1n) is 9.36. The predicted octanol–water partition coefficient (Wildman–Crippen LogP) is 3.67. The van der Waals surface area contributed by atoms with Crippen LogP contribution in [0.2, 0.25) is 0 Å². The summed E-state index contributed by atoms with van der Waals surface area (Å²) in [5, 5.41) is 2.79. The fourth-order valence-corrected chi connectivity index (χ4v) is 4.12. The van der Waals surface area contributed by atoms with Gasteiger partial charge < -0.3 is 14.8 Å². The maximum Gasteiger partial charge on any atom is 0.248 e. The minimum Gasteiger partial charge on any atom is -0.497 e. The second kappa shape index (κ2) is 9.65. The van der Waals surface area contributed by atoms with Crippen molar-refractivity contribution >= 4 is 27.3 Å². The Labute approximate surface area is 172 Å². The standard InChI is InChI=1S/C21H28N2O5S/c1-6-20(21(24)22-16-7-11-19(12-8-16)28-15(2)3)23(29(5,25)26)17-9-13-18(27-4)14-10-17/h7-15,20H,6H2,1-5H3,(H,22,24)/t20-/m1/s1. The molecule has 0 aliphatic heterocycles. The first-order chi connectivity index (χ1) is 13.7. The third kappa shape index (κ3) is 6.12. The summed E-state index contributed by atoms with van der Waals surface area (Å²) in [6.45, 7) is 5.63. The Hall–Kier alpha value is -2.74. The predicted molar refractivity (Wildman–Crippen MR) is 115 cm³/mol. The number of hydrogen-bond donors (Lipinski definition) is 1. The molecule has 0 aromatic heterocycles. The van der Waals surface area contributed by atoms with Crippen LogP contribution < -0.4 is 19.1 Å². The molecule has 8 heteroatoms. The number of rotatable bonds is 9. The zero-order valence-corrected chi connectivity index (χ0v) is 18.2. The average molecular weight is 421 g/mol. The zero-order chi connectivity index (χ0) is 21.6. The maximum atomic E-state index is 12.9. The molecule has 0 aliphatic rings. The van der Waals surface area contributed by atoms with E-state index in [0.717, 1.165) is 10.6 Å². The third-order valence-corrected chi connectivity index (χ3v) is 5.33. The smallest absolute Gasteiger partial charge is 0.248 e. The average Bonchev–Trinajstić information content (AvgIpc) is 2.66. The second-order valence-electron chi connectivity index (χ2n) is 6.86. The number of hydrogen-bond acceptors (Lipinski definition) is 5. The number of nitrogens with zero attached hydrogens (tertiary/aromatic N) is 1. The van der Waals surface area contributed by atoms with Crippen LogP contribution >= 0.6 is 0 Å². The fourth-order valence-electron chi connectivity index (χ4n) is 2.90. The molecule has 7 nitrogen and oxygen atoms in total. The van der Waals surface area contributed by atoms with Crippen LogP contribution in [0.5, 0.6) is 11.5 Å². The highest BCUT2D eigenvalue weighted by Gasteiger charge is 2.31. The van der Waals surface area contributed by atoms with Crippen LogP contribution in [-0.2, 0) is 14.8 Å². The summed E-state index contributed by atoms with van der Waals surface area (Å²) in [6, 6.07) is 12.6. The topological polar surface area (TPSA) is 84.9 Å². The SMILES string of the molecule is CC[C@H](C(=O)Nc1ccc(OC(C)C)cc1)N(c1ccc(OC)cc1)S(C)(=O)=O. The molecule has 0 radical (unpaired) electrons. The van der Waals surface area contributed by atoms with Gasteiger partial charge in [0.2, 0.25) is 15.9 Å². The molecular weight excluding hydrogens is 392 g/mol. The van der Waals surface area contributed by atoms with Crippen LogP contribution in [0.1, 0.15) is 27.2 Å². The largest absolute Gasteiger partial charge is 0.497 e. The molecule has 0 aliphatic carbocycles. The molecular formula is C21H28N2O5S. The summed E-state index contributed by atoms with van der Waals surface area (Å²) < 4.78 is 36.8. The molecule has 0 unspecified atom stereocenters. The van der Waals surface area contributed by atoms with Crippen LogP contribution in [0.4, 0.5) is 11.4 Å². The molecule has 2 aromatic rings. The first-order valence-corrected chi connectivity index (χ1v) is 11.2. The Morgan fingerprint density at radius 1 is 1.03 bits per heavy atom. The molecule has 0 saturated carbocycles. The normalized spacial score (nSPS) is 12.3. The molecule has 2 aromatic carbocycles. The number of carbonyl (C=O) groups excluding carboxylic acids is 1. The number of nitrogens with one attached hydrogen (secondary N) is 1. The second-order valence-corrected chi connectivity index (χ2v) is 8.72. The van der Waals surface area contributed by atoms with Crippen molar-refractivity contribution in [2.75, 3.05) is 23.0 Å². The quantitative estimate of drug-likeness (QED) is 0.669. The summed E-state index contributed by atoms with van der Waals surface area (Å²) in [5.74, 6) is 0.885. The van der Waals surface area contributed by atoms with Gasteiger partial charge in [0.1, 0.15) is 17.5 Å². The molecule has 1 amide bonds. The number of carbonyl (C=O) groups is 1. The van der Waals surface area contributed by atoms with Gasteiger partial charge in [0.05, 0.1) is 25.2 Å². The highest BCUT2D eigenvalue weighted by atomic mass is 32.2. The van der Waals surface area contributed by atoms with E-state index in [1.807, 2.05) is 13.8 Å². The van der Waals surface area contributed by atoms with Gasteiger partial charge in [-0.2, -0.15) is 0 Å². The number of ether oxygens (including phenoxy) is 2. The van der Waals surface area contributed by atoms with Crippen molar-refractivity contribution in [2.45, 2.75) is 39.3 Å². The van der Waals surface area contributed by atoms with Crippen LogP contribution in [0.3, 0.4) is 0 Å². The van der Waals surface area contributed by atoms with Crippen LogP contribution in [0, 0.1) is 0 Å². The van der Waals surface area contributed by atoms with E-state index in [0.29, 0.717) is 29.3 Å². The lowest BCUT2D eigenvalue weighted by molar-refractivity contribution is -0.117. The molecule has 1 N–H and O–H groups in total. The van der Waals surface area contributed by atoms with Gasteiger partial charge in [-0.1, -0.05) is 6.92 Å². The molecule has 0 spiro atoms. The summed E-state index contributed by atoms with van der Waals surface area (Å²) in [7, 11) is -2.16. The van der Waals surface area contributed by atoms with Crippen molar-refractivity contribution in [2.24, 2.45) is 0 Å². The number of amides is 1. The van der Waals surface area contributed by atoms with E-state index in [2.05, 4.69) is 5.32 Å². The first kappa shape index (κ1) is 22.5. The fraction of sp³-hybridized carbons (Fsp3) is 0.381. The Kier molecular flexibility index (Phi) is 7.50. The molecule has 0 fully saturated rings. The van der Waals surface area contributed by atoms with Crippen molar-refractivity contribution in [1.82, 2.24) is 0 Å². The van der Waals surface area contributed by atoms with Gasteiger partial charge in [-0.3, -0.25) is 9.10 Å². The van der Waals surface area contributed by atoms with Crippen molar-refractivity contribution in [3.63, 3.8) is 0 Å². The Morgan fingerprint density at radius 3 is 2.03 bits per heavy atom. The van der Waals surface area contributed by atoms with E-state index >= 15 is 0 Å². The maximum absolute atomic E-state index is 12.9. The van der Waals surface area contributed by atoms with Gasteiger partial charge in [-0.15, -0.1) is 0 Å². The third-order valence-electron chi connectivity index (χ3n) is 4.15. The van der Waals surface area contributed by atoms with E-state index in [9.17, 15) is 13.2 Å². The number of anilines is 2. The lowest BCUT2D eigenvalue weighted by Crippen LogP contribution is -2.46. The molecule has 1 atom stereocenters. The molecule has 0 bridgehead atoms. The van der Waals surface area contributed by atoms with E-state index in [1.54, 1.807) is 55.5 Å². The summed E-state index contributed by atoms with van der Waals surface area (Å²) in [4.78, 5) is 12.9. The minimum absolute atomic E-state index is 0.0488. The van der Waals surface area contributed by atoms with Crippen LogP contribution in [0.15, 0.2) is 48.5 Å². The van der Waals surface area contributed by atoms with Gasteiger partial charge in [-0.25, -0.2) is 8.42 Å². The van der Waals surface area contributed by atoms with Crippen molar-refractivity contribution in [3.8, 4) is 11.5 Å². The number of benzene rings is 2. The molecule has 2 rings (SSSR count). The Bertz CT molecular complexity index is 909. The molecule has 0 heterocycles. The van der Waals surface area contributed by atoms with E-state index < -0.39 is 22.0 Å². The highest BCUT2D eigenvalue weighted by Crippen LogP contribution is 2.26. The van der Waals surface area contributed by atoms with Gasteiger partial charge in [0, 0.05) is 5.69 Å². The number of methoxy groups -OCH3 is 1. The Morgan fingerprint density at radius 2 is 1.59 bits per heavy atom. The number of sulfonamides is 1. The molecule has 29 heavy (non-hydrogen) atoms. The van der Waals surface area contributed by atoms with E-state index in [4.69, 9.17) is 9.47 Å². The van der Waals surface area contributed by atoms with Crippen LogP contribution in [0.25, 0.3) is 0 Å². The van der Waals surface area contributed by atoms with Gasteiger partial charge in [0.25, 0.3) is 0 Å². The summed E-state index contributed by atoms with van der Waals surface area (Å²) in [6.07, 6.45) is 1.44. The summed E-state index contributed by atoms with van der Waals surface area (Å²) in [5.41, 5.74) is 0.962. The van der Waals surface area contributed by atoms with Crippen LogP contribution in [-0.4, -0.2) is 39.8 Å². The van der Waals surface area contributed by atoms with Gasteiger partial charge >= 0.3 is 0 Å². The lowest BCUT2D eigenvalue weighted by Gasteiger charge is -2.30. The molecule has 158 valence electrons. The lowest BCUT2D eigenvalue weighted by atomic mass is 10.1.